The second kappa shape index (κ2) is 6.14. The first-order chi connectivity index (χ1) is 11.6. The first-order valence-electron chi connectivity index (χ1n) is 8.24. The molecule has 0 aromatic heterocycles. The average molecular weight is 364 g/mol. The van der Waals surface area contributed by atoms with E-state index in [9.17, 15) is 0 Å². The molecule has 2 heterocycles. The quantitative estimate of drug-likeness (QED) is 0.804. The van der Waals surface area contributed by atoms with Crippen molar-refractivity contribution >= 4 is 23.2 Å². The van der Waals surface area contributed by atoms with Gasteiger partial charge in [-0.25, -0.2) is 0 Å². The summed E-state index contributed by atoms with van der Waals surface area (Å²) < 4.78 is 12.5. The third-order valence-electron chi connectivity index (χ3n) is 4.81. The van der Waals surface area contributed by atoms with E-state index < -0.39 is 5.79 Å². The highest BCUT2D eigenvalue weighted by atomic mass is 35.5. The zero-order chi connectivity index (χ0) is 16.7. The first kappa shape index (κ1) is 16.1. The molecule has 1 atom stereocenters. The van der Waals surface area contributed by atoms with Crippen molar-refractivity contribution < 1.29 is 9.47 Å². The van der Waals surface area contributed by atoms with Crippen LogP contribution < -0.4 is 14.8 Å². The summed E-state index contributed by atoms with van der Waals surface area (Å²) in [6.45, 7) is 3.97. The van der Waals surface area contributed by atoms with Crippen molar-refractivity contribution in [2.45, 2.75) is 31.5 Å². The number of benzene rings is 2. The van der Waals surface area contributed by atoms with E-state index >= 15 is 0 Å². The second-order valence-corrected chi connectivity index (χ2v) is 7.32. The molecule has 1 fully saturated rings. The van der Waals surface area contributed by atoms with Gasteiger partial charge in [0.05, 0.1) is 10.6 Å². The van der Waals surface area contributed by atoms with Crippen LogP contribution in [0.5, 0.6) is 11.5 Å². The first-order valence-corrected chi connectivity index (χ1v) is 8.99. The van der Waals surface area contributed by atoms with Crippen molar-refractivity contribution in [3.8, 4) is 11.5 Å². The van der Waals surface area contributed by atoms with E-state index in [0.717, 1.165) is 43.0 Å². The number of piperidine rings is 1. The predicted molar refractivity (Wildman–Crippen MR) is 96.4 cm³/mol. The number of halogens is 2. The number of rotatable bonds is 2. The molecular formula is C19H19Cl2NO2. The van der Waals surface area contributed by atoms with Crippen molar-refractivity contribution in [2.75, 3.05) is 13.1 Å². The Morgan fingerprint density at radius 3 is 2.62 bits per heavy atom. The van der Waals surface area contributed by atoms with Gasteiger partial charge in [-0.15, -0.1) is 0 Å². The van der Waals surface area contributed by atoms with E-state index in [4.69, 9.17) is 32.7 Å². The van der Waals surface area contributed by atoms with Crippen LogP contribution in [-0.4, -0.2) is 13.1 Å². The minimum absolute atomic E-state index is 0.493. The van der Waals surface area contributed by atoms with Crippen LogP contribution >= 0.6 is 23.2 Å². The fourth-order valence-corrected chi connectivity index (χ4v) is 4.15. The Bertz CT molecular complexity index is 774. The number of ether oxygens (including phenoxy) is 2. The Morgan fingerprint density at radius 1 is 1.08 bits per heavy atom. The van der Waals surface area contributed by atoms with Crippen LogP contribution in [0.25, 0.3) is 0 Å². The largest absolute Gasteiger partial charge is 0.444 e. The number of para-hydroxylation sites is 1. The van der Waals surface area contributed by atoms with E-state index in [2.05, 4.69) is 11.4 Å². The van der Waals surface area contributed by atoms with Crippen LogP contribution in [0, 0.1) is 0 Å². The molecule has 126 valence electrons. The van der Waals surface area contributed by atoms with Crippen molar-refractivity contribution in [1.82, 2.24) is 5.32 Å². The number of fused-ring (bicyclic) bond motifs is 1. The Balaban J connectivity index is 1.70. The highest BCUT2D eigenvalue weighted by Gasteiger charge is 2.42. The van der Waals surface area contributed by atoms with Crippen molar-refractivity contribution in [3.05, 3.63) is 57.6 Å². The van der Waals surface area contributed by atoms with Gasteiger partial charge in [0.25, 0.3) is 5.79 Å². The molecule has 1 N–H and O–H groups in total. The van der Waals surface area contributed by atoms with Gasteiger partial charge in [0.15, 0.2) is 11.5 Å². The third-order valence-corrected chi connectivity index (χ3v) is 5.36. The molecule has 0 bridgehead atoms. The lowest BCUT2D eigenvalue weighted by Crippen LogP contribution is -2.32. The average Bonchev–Trinajstić information content (AvgIpc) is 2.92. The Morgan fingerprint density at radius 2 is 1.88 bits per heavy atom. The molecule has 3 nitrogen and oxygen atoms in total. The topological polar surface area (TPSA) is 30.5 Å². The standard InChI is InChI=1S/C19H19Cl2NO2/c1-19(15-6-5-13(20)11-16(15)21)23-17-4-2-3-14(18(17)24-19)12-7-9-22-10-8-12/h2-6,11-12,22H,7-10H2,1H3. The smallest absolute Gasteiger partial charge is 0.276 e. The van der Waals surface area contributed by atoms with Gasteiger partial charge in [-0.2, -0.15) is 0 Å². The molecule has 2 aliphatic heterocycles. The van der Waals surface area contributed by atoms with Gasteiger partial charge < -0.3 is 14.8 Å². The maximum absolute atomic E-state index is 6.38. The van der Waals surface area contributed by atoms with E-state index in [1.54, 1.807) is 12.1 Å². The van der Waals surface area contributed by atoms with Gasteiger partial charge >= 0.3 is 0 Å². The third kappa shape index (κ3) is 2.75. The van der Waals surface area contributed by atoms with Gasteiger partial charge in [0.2, 0.25) is 0 Å². The molecule has 2 aliphatic rings. The SMILES string of the molecule is CC1(c2ccc(Cl)cc2Cl)Oc2cccc(C3CCNCC3)c2O1. The van der Waals surface area contributed by atoms with Gasteiger partial charge in [0, 0.05) is 17.5 Å². The van der Waals surface area contributed by atoms with Crippen molar-refractivity contribution in [3.63, 3.8) is 0 Å². The van der Waals surface area contributed by atoms with Crippen LogP contribution in [0.15, 0.2) is 36.4 Å². The van der Waals surface area contributed by atoms with E-state index in [0.29, 0.717) is 16.0 Å². The van der Waals surface area contributed by atoms with Gasteiger partial charge in [0.1, 0.15) is 0 Å². The van der Waals surface area contributed by atoms with Gasteiger partial charge in [-0.1, -0.05) is 35.3 Å². The van der Waals surface area contributed by atoms with Gasteiger partial charge in [-0.05, 0) is 56.1 Å². The number of nitrogens with one attached hydrogen (secondary N) is 1. The molecule has 2 aromatic carbocycles. The maximum Gasteiger partial charge on any atom is 0.276 e. The summed E-state index contributed by atoms with van der Waals surface area (Å²) in [6.07, 6.45) is 2.22. The molecule has 24 heavy (non-hydrogen) atoms. The molecular weight excluding hydrogens is 345 g/mol. The fourth-order valence-electron chi connectivity index (χ4n) is 3.57. The summed E-state index contributed by atoms with van der Waals surface area (Å²) in [5.41, 5.74) is 2.00. The highest BCUT2D eigenvalue weighted by molar-refractivity contribution is 6.35. The lowest BCUT2D eigenvalue weighted by Gasteiger charge is -2.26. The number of hydrogen-bond acceptors (Lipinski definition) is 3. The minimum Gasteiger partial charge on any atom is -0.444 e. The summed E-state index contributed by atoms with van der Waals surface area (Å²) in [7, 11) is 0. The number of hydrogen-bond donors (Lipinski definition) is 1. The van der Waals surface area contributed by atoms with Crippen LogP contribution in [0.4, 0.5) is 0 Å². The minimum atomic E-state index is -0.937. The van der Waals surface area contributed by atoms with E-state index in [-0.39, 0.29) is 0 Å². The summed E-state index contributed by atoms with van der Waals surface area (Å²) in [6, 6.07) is 11.5. The summed E-state index contributed by atoms with van der Waals surface area (Å²) in [5.74, 6) is 1.18. The van der Waals surface area contributed by atoms with Crippen LogP contribution in [-0.2, 0) is 5.79 Å². The van der Waals surface area contributed by atoms with Crippen molar-refractivity contribution in [1.29, 1.82) is 0 Å². The Labute approximate surface area is 151 Å². The monoisotopic (exact) mass is 363 g/mol. The molecule has 0 amide bonds. The lowest BCUT2D eigenvalue weighted by molar-refractivity contribution is -0.0683. The normalized spacial score (nSPS) is 23.5. The van der Waals surface area contributed by atoms with Crippen LogP contribution in [0.2, 0.25) is 10.0 Å². The molecule has 5 heteroatoms. The highest BCUT2D eigenvalue weighted by Crippen LogP contribution is 2.50. The zero-order valence-corrected chi connectivity index (χ0v) is 15.0. The van der Waals surface area contributed by atoms with Gasteiger partial charge in [-0.3, -0.25) is 0 Å². The molecule has 1 saturated heterocycles. The molecule has 0 spiro atoms. The molecule has 1 unspecified atom stereocenters. The van der Waals surface area contributed by atoms with E-state index in [1.165, 1.54) is 5.56 Å². The maximum atomic E-state index is 6.38. The fraction of sp³-hybridized carbons (Fsp3) is 0.368. The van der Waals surface area contributed by atoms with Crippen molar-refractivity contribution in [2.24, 2.45) is 0 Å². The molecule has 0 radical (unpaired) electrons. The van der Waals surface area contributed by atoms with E-state index in [1.807, 2.05) is 25.1 Å². The molecule has 0 aliphatic carbocycles. The molecule has 2 aromatic rings. The lowest BCUT2D eigenvalue weighted by atomic mass is 9.89. The molecule has 0 saturated carbocycles. The Hall–Kier alpha value is -1.42. The summed E-state index contributed by atoms with van der Waals surface area (Å²) in [4.78, 5) is 0. The second-order valence-electron chi connectivity index (χ2n) is 6.47. The van der Waals surface area contributed by atoms with Crippen LogP contribution in [0.1, 0.15) is 36.8 Å². The summed E-state index contributed by atoms with van der Waals surface area (Å²) in [5, 5.41) is 4.54. The predicted octanol–water partition coefficient (Wildman–Crippen LogP) is 5.10. The van der Waals surface area contributed by atoms with Crippen LogP contribution in [0.3, 0.4) is 0 Å². The zero-order valence-electron chi connectivity index (χ0n) is 13.4. The molecule has 4 rings (SSSR count). The Kier molecular flexibility index (Phi) is 4.11. The summed E-state index contributed by atoms with van der Waals surface area (Å²) >= 11 is 12.4.